The van der Waals surface area contributed by atoms with Crippen LogP contribution in [0.3, 0.4) is 0 Å². The van der Waals surface area contributed by atoms with Gasteiger partial charge in [-0.15, -0.1) is 0 Å². The maximum atomic E-state index is 12.6. The fourth-order valence-electron chi connectivity index (χ4n) is 2.08. The van der Waals surface area contributed by atoms with Gasteiger partial charge in [0.2, 0.25) is 5.91 Å². The van der Waals surface area contributed by atoms with Crippen molar-refractivity contribution in [1.29, 1.82) is 0 Å². The molecule has 3 N–H and O–H groups in total. The number of nitrogens with one attached hydrogen (secondary N) is 1. The topological polar surface area (TPSA) is 55.1 Å². The molecule has 0 aliphatic rings. The molecule has 0 aliphatic heterocycles. The van der Waals surface area contributed by atoms with Gasteiger partial charge in [0.15, 0.2) is 0 Å². The first-order chi connectivity index (χ1) is 9.28. The van der Waals surface area contributed by atoms with Crippen molar-refractivity contribution in [3.8, 4) is 0 Å². The monoisotopic (exact) mass is 420 g/mol. The number of aryl methyl sites for hydroxylation is 1. The standard InChI is InChI=1S/C14H18Br2N2OS/c1-4-14(5-2,12(17)20)13(19)18-11-9(15)6-8(3)7-10(11)16/h6-7H,4-5H2,1-3H3,(H2,17,20)(H,18,19). The maximum Gasteiger partial charge on any atom is 0.237 e. The number of halogens is 2. The number of thiocarbonyl (C=S) groups is 1. The van der Waals surface area contributed by atoms with E-state index in [9.17, 15) is 4.79 Å². The van der Waals surface area contributed by atoms with Crippen molar-refractivity contribution in [3.63, 3.8) is 0 Å². The first kappa shape index (κ1) is 17.6. The van der Waals surface area contributed by atoms with E-state index in [-0.39, 0.29) is 10.9 Å². The third-order valence-electron chi connectivity index (χ3n) is 3.54. The van der Waals surface area contributed by atoms with Gasteiger partial charge in [-0.3, -0.25) is 4.79 Å². The van der Waals surface area contributed by atoms with Gasteiger partial charge in [-0.05, 0) is 69.3 Å². The van der Waals surface area contributed by atoms with Crippen LogP contribution >= 0.6 is 44.1 Å². The molecule has 20 heavy (non-hydrogen) atoms. The number of nitrogens with two attached hydrogens (primary N) is 1. The number of amides is 1. The summed E-state index contributed by atoms with van der Waals surface area (Å²) in [6.07, 6.45) is 1.15. The van der Waals surface area contributed by atoms with E-state index in [0.717, 1.165) is 14.5 Å². The predicted octanol–water partition coefficient (Wildman–Crippen LogP) is 4.55. The van der Waals surface area contributed by atoms with Crippen LogP contribution in [0.1, 0.15) is 32.3 Å². The van der Waals surface area contributed by atoms with E-state index >= 15 is 0 Å². The molecule has 0 aliphatic carbocycles. The Labute approximate surface area is 141 Å². The molecule has 0 bridgehead atoms. The van der Waals surface area contributed by atoms with Crippen LogP contribution in [0.5, 0.6) is 0 Å². The lowest BCUT2D eigenvalue weighted by Crippen LogP contribution is -2.45. The molecular formula is C14H18Br2N2OS. The van der Waals surface area contributed by atoms with E-state index < -0.39 is 5.41 Å². The highest BCUT2D eigenvalue weighted by atomic mass is 79.9. The van der Waals surface area contributed by atoms with Crippen molar-refractivity contribution < 1.29 is 4.79 Å². The van der Waals surface area contributed by atoms with E-state index in [1.54, 1.807) is 0 Å². The Morgan fingerprint density at radius 2 is 1.75 bits per heavy atom. The molecule has 0 spiro atoms. The highest BCUT2D eigenvalue weighted by molar-refractivity contribution is 9.11. The smallest absolute Gasteiger partial charge is 0.237 e. The Morgan fingerprint density at radius 1 is 1.30 bits per heavy atom. The van der Waals surface area contributed by atoms with E-state index in [4.69, 9.17) is 18.0 Å². The summed E-state index contributed by atoms with van der Waals surface area (Å²) in [5, 5.41) is 2.93. The second-order valence-electron chi connectivity index (χ2n) is 4.71. The lowest BCUT2D eigenvalue weighted by molar-refractivity contribution is -0.122. The number of rotatable bonds is 5. The van der Waals surface area contributed by atoms with Gasteiger partial charge in [0.1, 0.15) is 0 Å². The largest absolute Gasteiger partial charge is 0.392 e. The molecule has 0 saturated carbocycles. The summed E-state index contributed by atoms with van der Waals surface area (Å²) < 4.78 is 1.64. The molecule has 6 heteroatoms. The van der Waals surface area contributed by atoms with Crippen LogP contribution in [0.2, 0.25) is 0 Å². The first-order valence-corrected chi connectivity index (χ1v) is 8.35. The van der Waals surface area contributed by atoms with Gasteiger partial charge >= 0.3 is 0 Å². The second-order valence-corrected chi connectivity index (χ2v) is 6.86. The number of carbonyl (C=O) groups is 1. The van der Waals surface area contributed by atoms with Gasteiger partial charge in [0.25, 0.3) is 0 Å². The van der Waals surface area contributed by atoms with E-state index in [1.807, 2.05) is 32.9 Å². The third-order valence-corrected chi connectivity index (χ3v) is 5.18. The SMILES string of the molecule is CCC(CC)(C(=O)Nc1c(Br)cc(C)cc1Br)C(N)=S. The Kier molecular flexibility index (Phi) is 6.16. The van der Waals surface area contributed by atoms with Crippen LogP contribution in [0, 0.1) is 12.3 Å². The normalized spacial score (nSPS) is 11.2. The van der Waals surface area contributed by atoms with Crippen LogP contribution in [0.15, 0.2) is 21.1 Å². The van der Waals surface area contributed by atoms with Crippen molar-refractivity contribution >= 4 is 60.7 Å². The molecule has 0 aromatic heterocycles. The highest BCUT2D eigenvalue weighted by Crippen LogP contribution is 2.35. The Balaban J connectivity index is 3.16. The van der Waals surface area contributed by atoms with Gasteiger partial charge in [-0.25, -0.2) is 0 Å². The van der Waals surface area contributed by atoms with Gasteiger partial charge < -0.3 is 11.1 Å². The molecule has 0 atom stereocenters. The molecule has 0 saturated heterocycles. The third kappa shape index (κ3) is 3.40. The number of anilines is 1. The summed E-state index contributed by atoms with van der Waals surface area (Å²) in [6.45, 7) is 5.82. The summed E-state index contributed by atoms with van der Waals surface area (Å²) in [4.78, 5) is 12.8. The zero-order chi connectivity index (χ0) is 15.5. The Hall–Kier alpha value is -0.460. The van der Waals surface area contributed by atoms with E-state index in [2.05, 4.69) is 37.2 Å². The molecule has 0 heterocycles. The minimum atomic E-state index is -0.806. The molecule has 1 aromatic rings. The second kappa shape index (κ2) is 7.00. The fraction of sp³-hybridized carbons (Fsp3) is 0.429. The lowest BCUT2D eigenvalue weighted by atomic mass is 9.81. The predicted molar refractivity (Wildman–Crippen MR) is 95.0 cm³/mol. The molecule has 3 nitrogen and oxygen atoms in total. The molecule has 0 radical (unpaired) electrons. The molecular weight excluding hydrogens is 404 g/mol. The molecule has 110 valence electrons. The van der Waals surface area contributed by atoms with Gasteiger partial charge in [-0.1, -0.05) is 26.1 Å². The van der Waals surface area contributed by atoms with Gasteiger partial charge in [0.05, 0.1) is 16.1 Å². The van der Waals surface area contributed by atoms with Gasteiger partial charge in [0, 0.05) is 8.95 Å². The summed E-state index contributed by atoms with van der Waals surface area (Å²) in [6, 6.07) is 3.89. The fourth-order valence-corrected chi connectivity index (χ4v) is 4.08. The number of carbonyl (C=O) groups excluding carboxylic acids is 1. The van der Waals surface area contributed by atoms with Crippen LogP contribution in [0.25, 0.3) is 0 Å². The Bertz CT molecular complexity index is 519. The number of benzene rings is 1. The summed E-state index contributed by atoms with van der Waals surface area (Å²) in [5.41, 5.74) is 6.78. The summed E-state index contributed by atoms with van der Waals surface area (Å²) >= 11 is 12.0. The quantitative estimate of drug-likeness (QED) is 0.685. The maximum absolute atomic E-state index is 12.6. The van der Waals surface area contributed by atoms with Crippen molar-refractivity contribution in [1.82, 2.24) is 0 Å². The summed E-state index contributed by atoms with van der Waals surface area (Å²) in [5.74, 6) is -0.166. The summed E-state index contributed by atoms with van der Waals surface area (Å²) in [7, 11) is 0. The molecule has 0 fully saturated rings. The molecule has 1 amide bonds. The lowest BCUT2D eigenvalue weighted by Gasteiger charge is -2.29. The minimum Gasteiger partial charge on any atom is -0.392 e. The molecule has 1 rings (SSSR count). The molecule has 1 aromatic carbocycles. The average molecular weight is 422 g/mol. The first-order valence-electron chi connectivity index (χ1n) is 6.35. The Morgan fingerprint density at radius 3 is 2.10 bits per heavy atom. The van der Waals surface area contributed by atoms with Gasteiger partial charge in [-0.2, -0.15) is 0 Å². The average Bonchev–Trinajstić information content (AvgIpc) is 2.35. The minimum absolute atomic E-state index is 0.166. The van der Waals surface area contributed by atoms with Crippen LogP contribution in [-0.2, 0) is 4.79 Å². The van der Waals surface area contributed by atoms with Crippen LogP contribution in [-0.4, -0.2) is 10.9 Å². The zero-order valence-corrected chi connectivity index (χ0v) is 15.7. The van der Waals surface area contributed by atoms with E-state index in [1.165, 1.54) is 0 Å². The van der Waals surface area contributed by atoms with Crippen LogP contribution < -0.4 is 11.1 Å². The van der Waals surface area contributed by atoms with E-state index in [0.29, 0.717) is 18.5 Å². The van der Waals surface area contributed by atoms with Crippen molar-refractivity contribution in [3.05, 3.63) is 26.6 Å². The number of hydrogen-bond acceptors (Lipinski definition) is 2. The zero-order valence-electron chi connectivity index (χ0n) is 11.7. The highest BCUT2D eigenvalue weighted by Gasteiger charge is 2.38. The molecule has 0 unspecified atom stereocenters. The van der Waals surface area contributed by atoms with Crippen molar-refractivity contribution in [2.75, 3.05) is 5.32 Å². The van der Waals surface area contributed by atoms with Crippen LogP contribution in [0.4, 0.5) is 5.69 Å². The number of hydrogen-bond donors (Lipinski definition) is 2. The van der Waals surface area contributed by atoms with Crippen molar-refractivity contribution in [2.24, 2.45) is 11.1 Å². The van der Waals surface area contributed by atoms with Crippen molar-refractivity contribution in [2.45, 2.75) is 33.6 Å².